The number of rotatable bonds is 3. The van der Waals surface area contributed by atoms with Crippen molar-refractivity contribution in [2.24, 2.45) is 7.05 Å². The van der Waals surface area contributed by atoms with Crippen LogP contribution in [-0.2, 0) is 12.5 Å². The molecule has 0 aliphatic rings. The second kappa shape index (κ2) is 9.47. The molecule has 0 aliphatic carbocycles. The maximum absolute atomic E-state index is 15.0. The van der Waals surface area contributed by atoms with Crippen molar-refractivity contribution in [1.29, 1.82) is 5.26 Å². The first-order valence-corrected chi connectivity index (χ1v) is 13.4. The van der Waals surface area contributed by atoms with Gasteiger partial charge in [-0.3, -0.25) is 0 Å². The van der Waals surface area contributed by atoms with Gasteiger partial charge in [-0.1, -0.05) is 87.5 Å². The average molecular weight is 526 g/mol. The Morgan fingerprint density at radius 1 is 0.775 bits per heavy atom. The first-order valence-electron chi connectivity index (χ1n) is 13.4. The molecule has 0 radical (unpaired) electrons. The van der Waals surface area contributed by atoms with Gasteiger partial charge < -0.3 is 4.42 Å². The molecule has 196 valence electrons. The topological polar surface area (TPSA) is 40.8 Å². The summed E-state index contributed by atoms with van der Waals surface area (Å²) in [6, 6.07) is 30.8. The van der Waals surface area contributed by atoms with Crippen molar-refractivity contribution in [2.45, 2.75) is 33.1 Å². The number of aryl methyl sites for hydroxylation is 2. The zero-order valence-electron chi connectivity index (χ0n) is 23.3. The van der Waals surface area contributed by atoms with E-state index in [1.807, 2.05) is 87.8 Å². The zero-order chi connectivity index (χ0) is 28.2. The van der Waals surface area contributed by atoms with E-state index in [0.29, 0.717) is 16.7 Å². The molecule has 4 heteroatoms. The monoisotopic (exact) mass is 525 g/mol. The Morgan fingerprint density at radius 3 is 2.02 bits per heavy atom. The number of benzene rings is 4. The molecule has 0 amide bonds. The van der Waals surface area contributed by atoms with Crippen LogP contribution in [0.25, 0.3) is 55.4 Å². The van der Waals surface area contributed by atoms with Crippen molar-refractivity contribution < 1.29 is 13.4 Å². The number of pyridine rings is 1. The summed E-state index contributed by atoms with van der Waals surface area (Å²) in [4.78, 5) is 0. The van der Waals surface area contributed by atoms with Crippen LogP contribution in [0.3, 0.4) is 0 Å². The number of nitriles is 1. The van der Waals surface area contributed by atoms with Gasteiger partial charge in [0, 0.05) is 28.0 Å². The Labute approximate surface area is 233 Å². The van der Waals surface area contributed by atoms with E-state index in [1.165, 1.54) is 0 Å². The lowest BCUT2D eigenvalue weighted by Crippen LogP contribution is -2.33. The third kappa shape index (κ3) is 4.15. The smallest absolute Gasteiger partial charge is 0.216 e. The van der Waals surface area contributed by atoms with Crippen LogP contribution in [0.5, 0.6) is 0 Å². The molecule has 0 bridgehead atoms. The lowest BCUT2D eigenvalue weighted by Gasteiger charge is -2.19. The first-order chi connectivity index (χ1) is 19.2. The fourth-order valence-corrected chi connectivity index (χ4v) is 5.60. The van der Waals surface area contributed by atoms with Gasteiger partial charge >= 0.3 is 0 Å². The minimum atomic E-state index is -0.358. The lowest BCUT2D eigenvalue weighted by molar-refractivity contribution is -0.662. The molecule has 2 aromatic heterocycles. The highest BCUT2D eigenvalue weighted by Crippen LogP contribution is 2.42. The number of aromatic nitrogens is 1. The van der Waals surface area contributed by atoms with E-state index < -0.39 is 0 Å². The van der Waals surface area contributed by atoms with E-state index in [1.54, 1.807) is 6.20 Å². The van der Waals surface area contributed by atoms with Gasteiger partial charge in [-0.25, -0.2) is 4.39 Å². The van der Waals surface area contributed by atoms with Crippen molar-refractivity contribution in [3.05, 3.63) is 114 Å². The van der Waals surface area contributed by atoms with Crippen molar-refractivity contribution in [1.82, 2.24) is 0 Å². The van der Waals surface area contributed by atoms with Crippen molar-refractivity contribution in [3.63, 3.8) is 0 Å². The number of halogens is 1. The van der Waals surface area contributed by atoms with Crippen molar-refractivity contribution in [3.8, 4) is 39.6 Å². The minimum Gasteiger partial charge on any atom is -0.454 e. The molecular formula is C36H30FN2O+. The molecule has 40 heavy (non-hydrogen) atoms. The summed E-state index contributed by atoms with van der Waals surface area (Å²) in [5, 5.41) is 12.0. The van der Waals surface area contributed by atoms with Gasteiger partial charge in [0.05, 0.1) is 17.2 Å². The summed E-state index contributed by atoms with van der Waals surface area (Å²) in [6.07, 6.45) is 1.55. The molecule has 4 aromatic carbocycles. The summed E-state index contributed by atoms with van der Waals surface area (Å²) in [5.41, 5.74) is 9.02. The number of fused-ring (bicyclic) bond motifs is 3. The van der Waals surface area contributed by atoms with E-state index in [9.17, 15) is 5.26 Å². The SMILES string of the molecule is Cc1ccc2c(oc3c(-c4ccc(-c5ccccc5)cc4)c(C#N)ccc32)c1-c1cc(C(C)(C)C)c(F)c[n+]1C. The summed E-state index contributed by atoms with van der Waals surface area (Å²) in [5.74, 6) is -0.229. The summed E-state index contributed by atoms with van der Waals surface area (Å²) in [6.45, 7) is 8.10. The van der Waals surface area contributed by atoms with E-state index >= 15 is 4.39 Å². The number of hydrogen-bond acceptors (Lipinski definition) is 2. The van der Waals surface area contributed by atoms with Gasteiger partial charge in [-0.2, -0.15) is 9.83 Å². The molecule has 0 aliphatic heterocycles. The van der Waals surface area contributed by atoms with Gasteiger partial charge in [0.15, 0.2) is 5.82 Å². The highest BCUT2D eigenvalue weighted by Gasteiger charge is 2.28. The Balaban J connectivity index is 1.61. The van der Waals surface area contributed by atoms with Gasteiger partial charge in [0.25, 0.3) is 0 Å². The normalized spacial score (nSPS) is 11.7. The maximum atomic E-state index is 15.0. The Kier molecular flexibility index (Phi) is 6.04. The average Bonchev–Trinajstić information content (AvgIpc) is 3.31. The second-order valence-electron chi connectivity index (χ2n) is 11.4. The molecule has 6 rings (SSSR count). The van der Waals surface area contributed by atoms with Crippen LogP contribution in [0.1, 0.15) is 37.5 Å². The van der Waals surface area contributed by atoms with Crippen LogP contribution in [-0.4, -0.2) is 0 Å². The Morgan fingerprint density at radius 2 is 1.38 bits per heavy atom. The molecule has 0 spiro atoms. The standard InChI is InChI=1S/C36H30FN2O/c1-22-11-17-27-28-18-16-26(20-38)33(25-14-12-24(13-15-25)23-9-7-6-8-10-23)35(28)40-34(27)32(22)31-19-29(36(2,3)4)30(37)21-39(31)5/h6-19,21H,1-5H3/q+1. The molecule has 0 atom stereocenters. The van der Waals surface area contributed by atoms with E-state index in [4.69, 9.17) is 4.42 Å². The number of nitrogens with zero attached hydrogens (tertiary/aromatic N) is 2. The number of hydrogen-bond donors (Lipinski definition) is 0. The molecule has 6 aromatic rings. The fourth-order valence-electron chi connectivity index (χ4n) is 5.60. The number of furan rings is 1. The fraction of sp³-hybridized carbons (Fsp3) is 0.167. The first kappa shape index (κ1) is 25.5. The van der Waals surface area contributed by atoms with Crippen LogP contribution >= 0.6 is 0 Å². The summed E-state index contributed by atoms with van der Waals surface area (Å²) in [7, 11) is 1.86. The predicted octanol–water partition coefficient (Wildman–Crippen LogP) is 9.03. The molecule has 2 heterocycles. The predicted molar refractivity (Wildman–Crippen MR) is 159 cm³/mol. The zero-order valence-corrected chi connectivity index (χ0v) is 23.3. The van der Waals surface area contributed by atoms with Crippen molar-refractivity contribution in [2.75, 3.05) is 0 Å². The summed E-state index contributed by atoms with van der Waals surface area (Å²) >= 11 is 0. The Bertz CT molecular complexity index is 1950. The van der Waals surface area contributed by atoms with Crippen LogP contribution < -0.4 is 4.57 Å². The van der Waals surface area contributed by atoms with Crippen LogP contribution in [0.2, 0.25) is 0 Å². The third-order valence-corrected chi connectivity index (χ3v) is 7.71. The van der Waals surface area contributed by atoms with E-state index in [2.05, 4.69) is 42.5 Å². The van der Waals surface area contributed by atoms with Gasteiger partial charge in [-0.15, -0.1) is 0 Å². The highest BCUT2D eigenvalue weighted by atomic mass is 19.1. The minimum absolute atomic E-state index is 0.229. The summed E-state index contributed by atoms with van der Waals surface area (Å²) < 4.78 is 23.5. The van der Waals surface area contributed by atoms with Crippen molar-refractivity contribution >= 4 is 21.9 Å². The highest BCUT2D eigenvalue weighted by molar-refractivity contribution is 6.14. The lowest BCUT2D eigenvalue weighted by atomic mass is 9.86. The molecule has 0 unspecified atom stereocenters. The van der Waals surface area contributed by atoms with Crippen LogP contribution in [0.15, 0.2) is 95.5 Å². The van der Waals surface area contributed by atoms with Gasteiger partial charge in [0.1, 0.15) is 18.2 Å². The molecule has 0 N–H and O–H groups in total. The third-order valence-electron chi connectivity index (χ3n) is 7.71. The molecule has 0 saturated heterocycles. The molecule has 0 saturated carbocycles. The maximum Gasteiger partial charge on any atom is 0.216 e. The van der Waals surface area contributed by atoms with E-state index in [-0.39, 0.29) is 11.2 Å². The molecular weight excluding hydrogens is 495 g/mol. The van der Waals surface area contributed by atoms with Crippen LogP contribution in [0.4, 0.5) is 4.39 Å². The quantitative estimate of drug-likeness (QED) is 0.216. The van der Waals surface area contributed by atoms with Gasteiger partial charge in [0.2, 0.25) is 11.9 Å². The molecule has 3 nitrogen and oxygen atoms in total. The molecule has 0 fully saturated rings. The van der Waals surface area contributed by atoms with Gasteiger partial charge in [-0.05, 0) is 46.7 Å². The second-order valence-corrected chi connectivity index (χ2v) is 11.4. The largest absolute Gasteiger partial charge is 0.454 e. The Hall–Kier alpha value is -4.75. The van der Waals surface area contributed by atoms with Crippen LogP contribution in [0, 0.1) is 24.1 Å². The van der Waals surface area contributed by atoms with E-state index in [0.717, 1.165) is 55.4 Å².